The number of aromatic nitrogens is 3. The SMILES string of the molecule is CCOc1cc(-c2ccc(N3CCC(CN4CCN(C)[C@@](C)(SC)C4)(NC(=O)CC(C)C)CC3)nc2)c2c(C#N)cnn2c1. The first-order valence-electron chi connectivity index (χ1n) is 15.6. The van der Waals surface area contributed by atoms with Crippen molar-refractivity contribution >= 4 is 29.0 Å². The molecule has 2 aliphatic rings. The smallest absolute Gasteiger partial charge is 0.220 e. The number of rotatable bonds is 10. The molecule has 44 heavy (non-hydrogen) atoms. The number of nitrogens with one attached hydrogen (secondary N) is 1. The van der Waals surface area contributed by atoms with E-state index in [9.17, 15) is 10.1 Å². The fourth-order valence-corrected chi connectivity index (χ4v) is 7.22. The number of fused-ring (bicyclic) bond motifs is 1. The van der Waals surface area contributed by atoms with Crippen molar-refractivity contribution in [3.63, 3.8) is 0 Å². The molecular formula is C33H46N8O2S. The topological polar surface area (TPSA) is 102 Å². The van der Waals surface area contributed by atoms with Crippen LogP contribution in [-0.4, -0.2) is 99.9 Å². The summed E-state index contributed by atoms with van der Waals surface area (Å²) >= 11 is 1.90. The van der Waals surface area contributed by atoms with Crippen LogP contribution in [0.3, 0.4) is 0 Å². The lowest BCUT2D eigenvalue weighted by Crippen LogP contribution is -2.65. The third kappa shape index (κ3) is 6.82. The number of piperazine rings is 1. The molecule has 236 valence electrons. The average molecular weight is 619 g/mol. The molecule has 1 atom stereocenters. The van der Waals surface area contributed by atoms with Crippen LogP contribution in [0.5, 0.6) is 5.75 Å². The van der Waals surface area contributed by atoms with Crippen molar-refractivity contribution in [3.05, 3.63) is 42.4 Å². The van der Waals surface area contributed by atoms with Gasteiger partial charge >= 0.3 is 0 Å². The van der Waals surface area contributed by atoms with Crippen LogP contribution in [0.25, 0.3) is 16.6 Å². The quantitative estimate of drug-likeness (QED) is 0.352. The summed E-state index contributed by atoms with van der Waals surface area (Å²) in [6, 6.07) is 8.32. The maximum Gasteiger partial charge on any atom is 0.220 e. The maximum atomic E-state index is 13.1. The Balaban J connectivity index is 1.34. The van der Waals surface area contributed by atoms with Crippen LogP contribution in [0.1, 0.15) is 52.5 Å². The number of amides is 1. The molecule has 0 aromatic carbocycles. The van der Waals surface area contributed by atoms with Gasteiger partial charge in [0.1, 0.15) is 17.6 Å². The molecular weight excluding hydrogens is 572 g/mol. The zero-order chi connectivity index (χ0) is 31.5. The van der Waals surface area contributed by atoms with E-state index in [0.29, 0.717) is 30.3 Å². The average Bonchev–Trinajstić information content (AvgIpc) is 3.42. The normalized spacial score (nSPS) is 21.0. The number of anilines is 1. The number of carbonyl (C=O) groups excluding carboxylic acids is 1. The summed E-state index contributed by atoms with van der Waals surface area (Å²) in [7, 11) is 2.21. The lowest BCUT2D eigenvalue weighted by Gasteiger charge is -2.50. The van der Waals surface area contributed by atoms with Crippen LogP contribution >= 0.6 is 11.8 Å². The molecule has 2 fully saturated rings. The first-order valence-corrected chi connectivity index (χ1v) is 16.9. The molecule has 2 aliphatic heterocycles. The van der Waals surface area contributed by atoms with Crippen molar-refractivity contribution in [1.82, 2.24) is 29.7 Å². The molecule has 11 heteroatoms. The Morgan fingerprint density at radius 1 is 1.20 bits per heavy atom. The van der Waals surface area contributed by atoms with E-state index < -0.39 is 0 Å². The van der Waals surface area contributed by atoms with Gasteiger partial charge in [-0.25, -0.2) is 9.50 Å². The van der Waals surface area contributed by atoms with Crippen LogP contribution in [0.15, 0.2) is 36.8 Å². The summed E-state index contributed by atoms with van der Waals surface area (Å²) < 4.78 is 7.48. The summed E-state index contributed by atoms with van der Waals surface area (Å²) in [6.45, 7) is 14.5. The molecule has 0 spiro atoms. The third-order valence-electron chi connectivity index (χ3n) is 9.16. The zero-order valence-electron chi connectivity index (χ0n) is 27.0. The highest BCUT2D eigenvalue weighted by Crippen LogP contribution is 2.34. The predicted molar refractivity (Wildman–Crippen MR) is 177 cm³/mol. The van der Waals surface area contributed by atoms with Crippen molar-refractivity contribution in [2.24, 2.45) is 5.92 Å². The summed E-state index contributed by atoms with van der Waals surface area (Å²) in [4.78, 5) is 25.4. The van der Waals surface area contributed by atoms with Gasteiger partial charge in [0.15, 0.2) is 0 Å². The van der Waals surface area contributed by atoms with Crippen LogP contribution in [-0.2, 0) is 4.79 Å². The standard InChI is InChI=1S/C33H46N8O2S/c1-7-43-27-17-28(31-26(18-34)20-36-41(31)21-27)25-8-9-29(35-19-25)40-12-10-33(11-13-40,37-30(42)16-24(2)3)23-39-15-14-38(5)32(4,22-39)44-6/h8-9,17,19-21,24H,7,10-16,22-23H2,1-6H3,(H,37,42)/t32-/m0/s1. The zero-order valence-corrected chi connectivity index (χ0v) is 27.8. The monoisotopic (exact) mass is 618 g/mol. The number of nitriles is 1. The lowest BCUT2D eigenvalue weighted by atomic mass is 9.85. The van der Waals surface area contributed by atoms with E-state index in [1.165, 1.54) is 0 Å². The number of likely N-dealkylation sites (N-methyl/N-ethyl adjacent to an activating group) is 1. The van der Waals surface area contributed by atoms with Gasteiger partial charge in [0.2, 0.25) is 5.91 Å². The fraction of sp³-hybridized carbons (Fsp3) is 0.576. The second-order valence-electron chi connectivity index (χ2n) is 12.8. The molecule has 5 rings (SSSR count). The van der Waals surface area contributed by atoms with Gasteiger partial charge in [-0.2, -0.15) is 10.4 Å². The number of thioether (sulfide) groups is 1. The Kier molecular flexibility index (Phi) is 9.73. The number of carbonyl (C=O) groups is 1. The van der Waals surface area contributed by atoms with Crippen molar-refractivity contribution in [2.45, 2.75) is 57.4 Å². The maximum absolute atomic E-state index is 13.1. The van der Waals surface area contributed by atoms with Gasteiger partial charge in [-0.1, -0.05) is 13.8 Å². The minimum atomic E-state index is -0.265. The van der Waals surface area contributed by atoms with Gasteiger partial charge < -0.3 is 15.0 Å². The van der Waals surface area contributed by atoms with E-state index >= 15 is 0 Å². The number of pyridine rings is 2. The third-order valence-corrected chi connectivity index (χ3v) is 10.5. The number of hydrogen-bond acceptors (Lipinski definition) is 9. The van der Waals surface area contributed by atoms with E-state index in [4.69, 9.17) is 9.72 Å². The molecule has 0 saturated carbocycles. The van der Waals surface area contributed by atoms with Gasteiger partial charge in [-0.15, -0.1) is 11.8 Å². The Labute approximate surface area is 265 Å². The van der Waals surface area contributed by atoms with Gasteiger partial charge in [0.25, 0.3) is 0 Å². The van der Waals surface area contributed by atoms with Crippen molar-refractivity contribution in [3.8, 4) is 22.9 Å². The van der Waals surface area contributed by atoms with Gasteiger partial charge in [0, 0.05) is 63.0 Å². The van der Waals surface area contributed by atoms with Crippen LogP contribution < -0.4 is 15.0 Å². The molecule has 1 amide bonds. The Morgan fingerprint density at radius 3 is 2.61 bits per heavy atom. The van der Waals surface area contributed by atoms with E-state index in [2.05, 4.69) is 77.4 Å². The number of piperidine rings is 1. The van der Waals surface area contributed by atoms with Crippen LogP contribution in [0, 0.1) is 17.2 Å². The van der Waals surface area contributed by atoms with Crippen molar-refractivity contribution in [1.29, 1.82) is 5.26 Å². The van der Waals surface area contributed by atoms with Crippen molar-refractivity contribution < 1.29 is 9.53 Å². The highest BCUT2D eigenvalue weighted by molar-refractivity contribution is 7.99. The summed E-state index contributed by atoms with van der Waals surface area (Å²) in [5, 5.41) is 17.6. The lowest BCUT2D eigenvalue weighted by molar-refractivity contribution is -0.124. The molecule has 3 aromatic rings. The summed E-state index contributed by atoms with van der Waals surface area (Å²) in [5.41, 5.74) is 2.75. The highest BCUT2D eigenvalue weighted by atomic mass is 32.2. The Hall–Kier alpha value is -3.33. The summed E-state index contributed by atoms with van der Waals surface area (Å²) in [5.74, 6) is 2.07. The van der Waals surface area contributed by atoms with Gasteiger partial charge in [-0.3, -0.25) is 14.6 Å². The highest BCUT2D eigenvalue weighted by Gasteiger charge is 2.42. The molecule has 3 aromatic heterocycles. The Bertz CT molecular complexity index is 1490. The number of hydrogen-bond donors (Lipinski definition) is 1. The van der Waals surface area contributed by atoms with Gasteiger partial charge in [-0.05, 0) is 64.1 Å². The summed E-state index contributed by atoms with van der Waals surface area (Å²) in [6.07, 6.45) is 9.71. The number of ether oxygens (including phenoxy) is 1. The van der Waals surface area contributed by atoms with Gasteiger partial charge in [0.05, 0.1) is 40.5 Å². The van der Waals surface area contributed by atoms with Crippen molar-refractivity contribution in [2.75, 3.05) is 64.1 Å². The minimum absolute atomic E-state index is 0.0620. The largest absolute Gasteiger partial charge is 0.492 e. The molecule has 0 radical (unpaired) electrons. The molecule has 0 aliphatic carbocycles. The number of nitrogens with zero attached hydrogens (tertiary/aromatic N) is 7. The first-order chi connectivity index (χ1) is 21.1. The van der Waals surface area contributed by atoms with Crippen LogP contribution in [0.4, 0.5) is 5.82 Å². The molecule has 0 unspecified atom stereocenters. The minimum Gasteiger partial charge on any atom is -0.492 e. The molecule has 0 bridgehead atoms. The van der Waals surface area contributed by atoms with E-state index in [1.54, 1.807) is 16.9 Å². The molecule has 5 heterocycles. The van der Waals surface area contributed by atoms with E-state index in [0.717, 1.165) is 74.6 Å². The molecule has 10 nitrogen and oxygen atoms in total. The predicted octanol–water partition coefficient (Wildman–Crippen LogP) is 4.49. The Morgan fingerprint density at radius 2 is 1.98 bits per heavy atom. The second kappa shape index (κ2) is 13.3. The second-order valence-corrected chi connectivity index (χ2v) is 14.1. The van der Waals surface area contributed by atoms with E-state index in [-0.39, 0.29) is 16.3 Å². The van der Waals surface area contributed by atoms with E-state index in [1.807, 2.05) is 30.9 Å². The fourth-order valence-electron chi connectivity index (χ4n) is 6.51. The first kappa shape index (κ1) is 32.1. The van der Waals surface area contributed by atoms with Crippen LogP contribution in [0.2, 0.25) is 0 Å². The molecule has 1 N–H and O–H groups in total. The molecule has 2 saturated heterocycles.